The van der Waals surface area contributed by atoms with Crippen LogP contribution in [0, 0.1) is 6.92 Å². The van der Waals surface area contributed by atoms with Crippen molar-refractivity contribution in [2.75, 3.05) is 12.9 Å². The molecule has 134 valence electrons. The number of amides is 1. The minimum Gasteiger partial charge on any atom is -0.497 e. The lowest BCUT2D eigenvalue weighted by molar-refractivity contribution is -0.118. The standard InChI is InChI=1S/C19H20N4O2S/c1-13-3-5-14(6-4-13)11-20-17(24)12-26-19-21-18(22-23-19)15-7-9-16(25-2)10-8-15/h3-10H,11-12H2,1-2H3,(H,20,24)(H,21,22,23). The normalized spacial score (nSPS) is 10.5. The van der Waals surface area contributed by atoms with Crippen molar-refractivity contribution in [1.82, 2.24) is 20.5 Å². The summed E-state index contributed by atoms with van der Waals surface area (Å²) < 4.78 is 5.14. The van der Waals surface area contributed by atoms with E-state index in [0.717, 1.165) is 16.9 Å². The van der Waals surface area contributed by atoms with E-state index in [1.165, 1.54) is 17.3 Å². The molecule has 0 radical (unpaired) electrons. The van der Waals surface area contributed by atoms with E-state index in [1.807, 2.05) is 55.5 Å². The summed E-state index contributed by atoms with van der Waals surface area (Å²) in [7, 11) is 1.63. The Morgan fingerprint density at radius 2 is 1.88 bits per heavy atom. The number of nitrogens with one attached hydrogen (secondary N) is 2. The van der Waals surface area contributed by atoms with E-state index < -0.39 is 0 Å². The van der Waals surface area contributed by atoms with E-state index in [9.17, 15) is 4.79 Å². The van der Waals surface area contributed by atoms with Gasteiger partial charge in [0.2, 0.25) is 11.1 Å². The van der Waals surface area contributed by atoms with Gasteiger partial charge in [0.05, 0.1) is 12.9 Å². The minimum atomic E-state index is -0.0497. The van der Waals surface area contributed by atoms with E-state index in [4.69, 9.17) is 4.74 Å². The molecule has 0 fully saturated rings. The van der Waals surface area contributed by atoms with Gasteiger partial charge >= 0.3 is 0 Å². The molecule has 2 N–H and O–H groups in total. The van der Waals surface area contributed by atoms with Gasteiger partial charge in [-0.05, 0) is 36.8 Å². The molecule has 0 aliphatic rings. The molecule has 0 saturated heterocycles. The average Bonchev–Trinajstić information content (AvgIpc) is 3.15. The molecular weight excluding hydrogens is 348 g/mol. The summed E-state index contributed by atoms with van der Waals surface area (Å²) >= 11 is 1.30. The number of aromatic nitrogens is 3. The first-order chi connectivity index (χ1) is 12.6. The molecule has 7 heteroatoms. The van der Waals surface area contributed by atoms with E-state index in [0.29, 0.717) is 17.5 Å². The Balaban J connectivity index is 1.49. The molecule has 1 aromatic heterocycles. The Hall–Kier alpha value is -2.80. The maximum Gasteiger partial charge on any atom is 0.230 e. The second kappa shape index (κ2) is 8.53. The number of thioether (sulfide) groups is 1. The number of H-pyrrole nitrogens is 1. The summed E-state index contributed by atoms with van der Waals surface area (Å²) in [5, 5.41) is 10.5. The first-order valence-electron chi connectivity index (χ1n) is 8.16. The van der Waals surface area contributed by atoms with Crippen molar-refractivity contribution in [2.24, 2.45) is 0 Å². The van der Waals surface area contributed by atoms with Crippen LogP contribution < -0.4 is 10.1 Å². The highest BCUT2D eigenvalue weighted by Gasteiger charge is 2.09. The lowest BCUT2D eigenvalue weighted by Gasteiger charge is -2.04. The second-order valence-electron chi connectivity index (χ2n) is 5.75. The first-order valence-corrected chi connectivity index (χ1v) is 9.14. The van der Waals surface area contributed by atoms with E-state index in [1.54, 1.807) is 7.11 Å². The lowest BCUT2D eigenvalue weighted by atomic mass is 10.1. The predicted molar refractivity (Wildman–Crippen MR) is 102 cm³/mol. The third-order valence-corrected chi connectivity index (χ3v) is 4.62. The van der Waals surface area contributed by atoms with Gasteiger partial charge in [-0.3, -0.25) is 9.89 Å². The molecule has 0 aliphatic heterocycles. The Bertz CT molecular complexity index is 860. The van der Waals surface area contributed by atoms with Gasteiger partial charge in [0.15, 0.2) is 5.82 Å². The quantitative estimate of drug-likeness (QED) is 0.626. The predicted octanol–water partition coefficient (Wildman–Crippen LogP) is 3.20. The maximum atomic E-state index is 12.0. The van der Waals surface area contributed by atoms with E-state index >= 15 is 0 Å². The summed E-state index contributed by atoms with van der Waals surface area (Å²) in [6.45, 7) is 2.56. The average molecular weight is 368 g/mol. The molecule has 0 saturated carbocycles. The molecule has 0 bridgehead atoms. The van der Waals surface area contributed by atoms with Crippen LogP contribution >= 0.6 is 11.8 Å². The number of ether oxygens (including phenoxy) is 1. The van der Waals surface area contributed by atoms with Gasteiger partial charge in [0.1, 0.15) is 5.75 Å². The Kier molecular flexibility index (Phi) is 5.91. The highest BCUT2D eigenvalue weighted by molar-refractivity contribution is 7.99. The fourth-order valence-electron chi connectivity index (χ4n) is 2.28. The van der Waals surface area contributed by atoms with Crippen molar-refractivity contribution >= 4 is 17.7 Å². The SMILES string of the molecule is COc1ccc(-c2nc(SCC(=O)NCc3ccc(C)cc3)n[nH]2)cc1. The number of hydrogen-bond acceptors (Lipinski definition) is 5. The molecule has 0 spiro atoms. The van der Waals surface area contributed by atoms with Gasteiger partial charge in [-0.2, -0.15) is 0 Å². The van der Waals surface area contributed by atoms with Crippen molar-refractivity contribution in [3.05, 3.63) is 59.7 Å². The van der Waals surface area contributed by atoms with Crippen LogP contribution in [0.4, 0.5) is 0 Å². The summed E-state index contributed by atoms with van der Waals surface area (Å²) in [6.07, 6.45) is 0. The summed E-state index contributed by atoms with van der Waals surface area (Å²) in [4.78, 5) is 16.4. The Labute approximate surface area is 156 Å². The van der Waals surface area contributed by atoms with Crippen molar-refractivity contribution in [3.63, 3.8) is 0 Å². The molecule has 0 unspecified atom stereocenters. The van der Waals surface area contributed by atoms with Gasteiger partial charge < -0.3 is 10.1 Å². The van der Waals surface area contributed by atoms with Crippen LogP contribution in [-0.2, 0) is 11.3 Å². The number of carbonyl (C=O) groups excluding carboxylic acids is 1. The third-order valence-electron chi connectivity index (χ3n) is 3.77. The van der Waals surface area contributed by atoms with Gasteiger partial charge in [-0.25, -0.2) is 4.98 Å². The lowest BCUT2D eigenvalue weighted by Crippen LogP contribution is -2.24. The van der Waals surface area contributed by atoms with Gasteiger partial charge in [-0.15, -0.1) is 5.10 Å². The van der Waals surface area contributed by atoms with Crippen LogP contribution in [0.1, 0.15) is 11.1 Å². The van der Waals surface area contributed by atoms with Crippen LogP contribution in [0.25, 0.3) is 11.4 Å². The third kappa shape index (κ3) is 4.86. The van der Waals surface area contributed by atoms with Crippen LogP contribution in [0.5, 0.6) is 5.75 Å². The summed E-state index contributed by atoms with van der Waals surface area (Å²) in [5.41, 5.74) is 3.19. The van der Waals surface area contributed by atoms with Crippen molar-refractivity contribution in [3.8, 4) is 17.1 Å². The highest BCUT2D eigenvalue weighted by Crippen LogP contribution is 2.21. The summed E-state index contributed by atoms with van der Waals surface area (Å²) in [5.74, 6) is 1.67. The zero-order valence-electron chi connectivity index (χ0n) is 14.7. The van der Waals surface area contributed by atoms with Crippen LogP contribution in [0.3, 0.4) is 0 Å². The van der Waals surface area contributed by atoms with Gasteiger partial charge in [0, 0.05) is 12.1 Å². The molecule has 2 aromatic carbocycles. The number of methoxy groups -OCH3 is 1. The zero-order chi connectivity index (χ0) is 18.4. The highest BCUT2D eigenvalue weighted by atomic mass is 32.2. The molecule has 6 nitrogen and oxygen atoms in total. The van der Waals surface area contributed by atoms with Crippen LogP contribution in [-0.4, -0.2) is 34.0 Å². The molecule has 3 rings (SSSR count). The second-order valence-corrected chi connectivity index (χ2v) is 6.69. The van der Waals surface area contributed by atoms with E-state index in [2.05, 4.69) is 20.5 Å². The molecule has 3 aromatic rings. The van der Waals surface area contributed by atoms with Gasteiger partial charge in [0.25, 0.3) is 0 Å². The fraction of sp³-hybridized carbons (Fsp3) is 0.211. The van der Waals surface area contributed by atoms with E-state index in [-0.39, 0.29) is 11.7 Å². The largest absolute Gasteiger partial charge is 0.497 e. The van der Waals surface area contributed by atoms with Gasteiger partial charge in [-0.1, -0.05) is 41.6 Å². The first kappa shape index (κ1) is 18.0. The number of carbonyl (C=O) groups is 1. The number of aryl methyl sites for hydroxylation is 1. The van der Waals surface area contributed by atoms with Crippen molar-refractivity contribution in [1.29, 1.82) is 0 Å². The topological polar surface area (TPSA) is 79.9 Å². The van der Waals surface area contributed by atoms with Crippen LogP contribution in [0.2, 0.25) is 0 Å². The fourth-order valence-corrected chi connectivity index (χ4v) is 2.90. The zero-order valence-corrected chi connectivity index (χ0v) is 15.5. The molecule has 26 heavy (non-hydrogen) atoms. The number of hydrogen-bond donors (Lipinski definition) is 2. The smallest absolute Gasteiger partial charge is 0.230 e. The number of aromatic amines is 1. The van der Waals surface area contributed by atoms with Crippen molar-refractivity contribution in [2.45, 2.75) is 18.6 Å². The number of rotatable bonds is 7. The molecule has 1 amide bonds. The van der Waals surface area contributed by atoms with Crippen molar-refractivity contribution < 1.29 is 9.53 Å². The monoisotopic (exact) mass is 368 g/mol. The minimum absolute atomic E-state index is 0.0497. The molecular formula is C19H20N4O2S. The Morgan fingerprint density at radius 1 is 1.15 bits per heavy atom. The maximum absolute atomic E-state index is 12.0. The van der Waals surface area contributed by atoms with Crippen LogP contribution in [0.15, 0.2) is 53.7 Å². The molecule has 0 aliphatic carbocycles. The number of benzene rings is 2. The number of nitrogens with zero attached hydrogens (tertiary/aromatic N) is 2. The summed E-state index contributed by atoms with van der Waals surface area (Å²) in [6, 6.07) is 15.6. The molecule has 1 heterocycles. The Morgan fingerprint density at radius 3 is 2.58 bits per heavy atom. The molecule has 0 atom stereocenters.